The molecule has 0 unspecified atom stereocenters. The van der Waals surface area contributed by atoms with Crippen LogP contribution in [0.4, 0.5) is 0 Å². The molecule has 0 spiro atoms. The number of thioether (sulfide) groups is 1. The second-order valence-corrected chi connectivity index (χ2v) is 8.80. The normalized spacial score (nSPS) is 17.3. The topological polar surface area (TPSA) is 57.1 Å². The first-order valence-electron chi connectivity index (χ1n) is 9.89. The van der Waals surface area contributed by atoms with Gasteiger partial charge in [0.05, 0.1) is 5.36 Å². The maximum Gasteiger partial charge on any atom is 0.276 e. The first-order chi connectivity index (χ1) is 15.1. The Morgan fingerprint density at radius 2 is 1.77 bits per heavy atom. The molecular formula is C24H19ClN4OS. The van der Waals surface area contributed by atoms with Gasteiger partial charge in [0.15, 0.2) is 11.3 Å². The van der Waals surface area contributed by atoms with E-state index in [0.29, 0.717) is 21.6 Å². The molecule has 0 aliphatic carbocycles. The number of amidine groups is 1. The first kappa shape index (κ1) is 19.8. The average molecular weight is 447 g/mol. The Kier molecular flexibility index (Phi) is 5.26. The van der Waals surface area contributed by atoms with Crippen molar-refractivity contribution in [1.29, 1.82) is 0 Å². The Bertz CT molecular complexity index is 1300. The number of benzene rings is 3. The van der Waals surface area contributed by atoms with E-state index in [0.717, 1.165) is 16.1 Å². The minimum absolute atomic E-state index is 0.178. The minimum Gasteiger partial charge on any atom is -0.298 e. The molecule has 2 heterocycles. The average Bonchev–Trinajstić information content (AvgIpc) is 2.78. The molecule has 5 rings (SSSR count). The summed E-state index contributed by atoms with van der Waals surface area (Å²) in [5.74, 6) is 0.532. The number of nitrogens with zero attached hydrogens (tertiary/aromatic N) is 3. The van der Waals surface area contributed by atoms with Crippen LogP contribution in [0, 0.1) is 6.92 Å². The minimum atomic E-state index is -0.441. The number of fused-ring (bicyclic) bond motifs is 2. The highest BCUT2D eigenvalue weighted by Crippen LogP contribution is 2.31. The van der Waals surface area contributed by atoms with E-state index >= 15 is 0 Å². The smallest absolute Gasteiger partial charge is 0.276 e. The summed E-state index contributed by atoms with van der Waals surface area (Å²) in [6.07, 6.45) is -0.441. The van der Waals surface area contributed by atoms with E-state index < -0.39 is 6.17 Å². The van der Waals surface area contributed by atoms with Crippen molar-refractivity contribution in [3.05, 3.63) is 105 Å². The van der Waals surface area contributed by atoms with Crippen LogP contribution in [-0.2, 0) is 10.5 Å². The number of hydrogen-bond donors (Lipinski definition) is 1. The van der Waals surface area contributed by atoms with E-state index in [9.17, 15) is 4.79 Å². The lowest BCUT2D eigenvalue weighted by atomic mass is 10.1. The second-order valence-electron chi connectivity index (χ2n) is 7.40. The number of halogens is 1. The number of hydrazone groups is 1. The number of carbonyl (C=O) groups is 1. The SMILES string of the molecule is Cc1ccc(CSC2=NN3C(=c4ccccc4=N[C@@H]3c3ccc(Cl)cc3)C(=O)N2)cc1. The standard InChI is InChI=1S/C24H19ClN4OS/c1-15-6-8-16(9-7-15)14-31-24-27-23(30)21-19-4-2-3-5-20(19)26-22(29(21)28-24)17-10-12-18(25)13-11-17/h2-13,22H,14H2,1H3,(H,27,28,30)/t22-/m0/s1. The molecule has 1 N–H and O–H groups in total. The molecule has 7 heteroatoms. The largest absolute Gasteiger partial charge is 0.298 e. The van der Waals surface area contributed by atoms with Crippen molar-refractivity contribution in [3.8, 4) is 0 Å². The van der Waals surface area contributed by atoms with Crippen molar-refractivity contribution in [1.82, 2.24) is 10.3 Å². The molecular weight excluding hydrogens is 428 g/mol. The number of rotatable bonds is 3. The summed E-state index contributed by atoms with van der Waals surface area (Å²) < 4.78 is 0. The molecule has 31 heavy (non-hydrogen) atoms. The number of amides is 1. The summed E-state index contributed by atoms with van der Waals surface area (Å²) in [5.41, 5.74) is 3.81. The van der Waals surface area contributed by atoms with Crippen LogP contribution in [0.15, 0.2) is 82.9 Å². The van der Waals surface area contributed by atoms with Gasteiger partial charge < -0.3 is 0 Å². The van der Waals surface area contributed by atoms with Crippen molar-refractivity contribution in [2.45, 2.75) is 18.8 Å². The molecule has 0 saturated heterocycles. The molecule has 3 aromatic rings. The highest BCUT2D eigenvalue weighted by Gasteiger charge is 2.34. The zero-order valence-corrected chi connectivity index (χ0v) is 18.3. The van der Waals surface area contributed by atoms with Gasteiger partial charge in [0.2, 0.25) is 0 Å². The molecule has 1 atom stereocenters. The van der Waals surface area contributed by atoms with E-state index in [2.05, 4.69) is 36.5 Å². The van der Waals surface area contributed by atoms with Gasteiger partial charge in [0.1, 0.15) is 5.70 Å². The monoisotopic (exact) mass is 446 g/mol. The zero-order chi connectivity index (χ0) is 21.4. The van der Waals surface area contributed by atoms with Crippen molar-refractivity contribution in [2.24, 2.45) is 10.1 Å². The molecule has 3 aromatic carbocycles. The summed E-state index contributed by atoms with van der Waals surface area (Å²) in [6.45, 7) is 2.06. The van der Waals surface area contributed by atoms with Gasteiger partial charge in [-0.3, -0.25) is 15.1 Å². The fourth-order valence-electron chi connectivity index (χ4n) is 3.58. The molecule has 0 radical (unpaired) electrons. The Balaban J connectivity index is 1.54. The summed E-state index contributed by atoms with van der Waals surface area (Å²) in [5, 5.41) is 12.2. The van der Waals surface area contributed by atoms with E-state index in [1.165, 1.54) is 22.9 Å². The number of nitrogens with one attached hydrogen (secondary N) is 1. The predicted octanol–water partition coefficient (Wildman–Crippen LogP) is 3.72. The summed E-state index contributed by atoms with van der Waals surface area (Å²) in [7, 11) is 0. The quantitative estimate of drug-likeness (QED) is 0.667. The van der Waals surface area contributed by atoms with Crippen molar-refractivity contribution >= 4 is 40.1 Å². The van der Waals surface area contributed by atoms with Gasteiger partial charge in [0, 0.05) is 16.0 Å². The number of carbonyl (C=O) groups excluding carboxylic acids is 1. The van der Waals surface area contributed by atoms with Gasteiger partial charge in [-0.05, 0) is 36.2 Å². The lowest BCUT2D eigenvalue weighted by Gasteiger charge is -2.34. The molecule has 5 nitrogen and oxygen atoms in total. The van der Waals surface area contributed by atoms with Gasteiger partial charge in [-0.25, -0.2) is 5.01 Å². The molecule has 2 aliphatic heterocycles. The third kappa shape index (κ3) is 3.96. The van der Waals surface area contributed by atoms with Gasteiger partial charge >= 0.3 is 0 Å². The first-order valence-corrected chi connectivity index (χ1v) is 11.2. The number of hydrogen-bond acceptors (Lipinski definition) is 5. The zero-order valence-electron chi connectivity index (χ0n) is 16.7. The van der Waals surface area contributed by atoms with Crippen LogP contribution in [0.3, 0.4) is 0 Å². The molecule has 0 saturated carbocycles. The molecule has 2 aliphatic rings. The van der Waals surface area contributed by atoms with Crippen molar-refractivity contribution < 1.29 is 4.79 Å². The fraction of sp³-hybridized carbons (Fsp3) is 0.125. The maximum atomic E-state index is 13.1. The predicted molar refractivity (Wildman–Crippen MR) is 125 cm³/mol. The maximum absolute atomic E-state index is 13.1. The highest BCUT2D eigenvalue weighted by atomic mass is 35.5. The van der Waals surface area contributed by atoms with Gasteiger partial charge in [0.25, 0.3) is 5.91 Å². The van der Waals surface area contributed by atoms with E-state index in [1.54, 1.807) is 5.01 Å². The van der Waals surface area contributed by atoms with Crippen molar-refractivity contribution in [3.63, 3.8) is 0 Å². The summed E-state index contributed by atoms with van der Waals surface area (Å²) in [6, 6.07) is 23.5. The summed E-state index contributed by atoms with van der Waals surface area (Å²) in [4.78, 5) is 18.0. The third-order valence-electron chi connectivity index (χ3n) is 5.18. The van der Waals surface area contributed by atoms with Crippen LogP contribution in [0.25, 0.3) is 5.70 Å². The van der Waals surface area contributed by atoms with E-state index in [4.69, 9.17) is 21.7 Å². The summed E-state index contributed by atoms with van der Waals surface area (Å²) >= 11 is 7.58. The lowest BCUT2D eigenvalue weighted by molar-refractivity contribution is -0.116. The van der Waals surface area contributed by atoms with Crippen molar-refractivity contribution in [2.75, 3.05) is 0 Å². The number of aryl methyl sites for hydroxylation is 1. The van der Waals surface area contributed by atoms with Gasteiger partial charge in [-0.2, -0.15) is 0 Å². The molecule has 154 valence electrons. The van der Waals surface area contributed by atoms with Crippen LogP contribution < -0.4 is 15.9 Å². The Morgan fingerprint density at radius 3 is 2.55 bits per heavy atom. The molecule has 0 aromatic heterocycles. The van der Waals surface area contributed by atoms with E-state index in [-0.39, 0.29) is 5.91 Å². The molecule has 1 amide bonds. The highest BCUT2D eigenvalue weighted by molar-refractivity contribution is 8.13. The van der Waals surface area contributed by atoms with Crippen LogP contribution in [-0.4, -0.2) is 16.1 Å². The van der Waals surface area contributed by atoms with Crippen LogP contribution in [0.1, 0.15) is 22.9 Å². The number of para-hydroxylation sites is 1. The van der Waals surface area contributed by atoms with Crippen LogP contribution >= 0.6 is 23.4 Å². The van der Waals surface area contributed by atoms with Crippen LogP contribution in [0.5, 0.6) is 0 Å². The fourth-order valence-corrected chi connectivity index (χ4v) is 4.51. The Morgan fingerprint density at radius 1 is 1.03 bits per heavy atom. The second kappa shape index (κ2) is 8.21. The Labute approximate surface area is 189 Å². The van der Waals surface area contributed by atoms with Gasteiger partial charge in [-0.1, -0.05) is 83.5 Å². The Hall–Kier alpha value is -3.09. The van der Waals surface area contributed by atoms with E-state index in [1.807, 2.05) is 48.5 Å². The lowest BCUT2D eigenvalue weighted by Crippen LogP contribution is -2.50. The molecule has 0 fully saturated rings. The van der Waals surface area contributed by atoms with Gasteiger partial charge in [-0.15, -0.1) is 5.10 Å². The van der Waals surface area contributed by atoms with Crippen LogP contribution in [0.2, 0.25) is 5.02 Å². The third-order valence-corrected chi connectivity index (χ3v) is 6.37. The molecule has 0 bridgehead atoms.